The summed E-state index contributed by atoms with van der Waals surface area (Å²) in [5, 5.41) is 13.4. The minimum absolute atomic E-state index is 0.174. The first kappa shape index (κ1) is 15.8. The van der Waals surface area contributed by atoms with Gasteiger partial charge in [-0.3, -0.25) is 4.79 Å². The summed E-state index contributed by atoms with van der Waals surface area (Å²) in [5.74, 6) is -0.983. The summed E-state index contributed by atoms with van der Waals surface area (Å²) in [4.78, 5) is 34.1. The van der Waals surface area contributed by atoms with Crippen molar-refractivity contribution in [2.24, 2.45) is 0 Å². The summed E-state index contributed by atoms with van der Waals surface area (Å²) in [5.41, 5.74) is -1.08. The molecule has 0 saturated carbocycles. The van der Waals surface area contributed by atoms with Crippen molar-refractivity contribution in [2.75, 3.05) is 0 Å². The lowest BCUT2D eigenvalue weighted by atomic mass is 10.1. The smallest absolute Gasteiger partial charge is 0.408 e. The maximum Gasteiger partial charge on any atom is 0.408 e. The minimum atomic E-state index is -1.28. The first-order valence-electron chi connectivity index (χ1n) is 5.99. The van der Waals surface area contributed by atoms with Gasteiger partial charge in [-0.2, -0.15) is 5.16 Å². The predicted octanol–water partition coefficient (Wildman–Crippen LogP) is 0.797. The van der Waals surface area contributed by atoms with Crippen molar-refractivity contribution in [3.8, 4) is 0 Å². The van der Waals surface area contributed by atoms with Crippen molar-refractivity contribution in [2.45, 2.75) is 45.8 Å². The molecule has 1 aromatic heterocycles. The van der Waals surface area contributed by atoms with E-state index in [1.54, 1.807) is 20.8 Å². The number of alkyl carbamates (subject to hydrolysis) is 1. The highest BCUT2D eigenvalue weighted by atomic mass is 16.6. The van der Waals surface area contributed by atoms with Crippen LogP contribution in [-0.4, -0.2) is 34.0 Å². The van der Waals surface area contributed by atoms with E-state index < -0.39 is 29.3 Å². The largest absolute Gasteiger partial charge is 0.480 e. The Morgan fingerprint density at radius 1 is 1.45 bits per heavy atom. The van der Waals surface area contributed by atoms with Crippen molar-refractivity contribution in [1.82, 2.24) is 10.5 Å². The van der Waals surface area contributed by atoms with Gasteiger partial charge in [0.25, 0.3) is 5.56 Å². The van der Waals surface area contributed by atoms with Crippen molar-refractivity contribution >= 4 is 12.1 Å². The van der Waals surface area contributed by atoms with E-state index in [2.05, 4.69) is 10.5 Å². The van der Waals surface area contributed by atoms with Crippen molar-refractivity contribution in [3.05, 3.63) is 21.7 Å². The number of carboxylic acids is 1. The Kier molecular flexibility index (Phi) is 4.59. The quantitative estimate of drug-likeness (QED) is 0.752. The van der Waals surface area contributed by atoms with Gasteiger partial charge < -0.3 is 19.7 Å². The topological polar surface area (TPSA) is 122 Å². The number of aromatic amines is 1. The third-order valence-corrected chi connectivity index (χ3v) is 2.39. The number of aryl methyl sites for hydroxylation is 1. The molecule has 0 aliphatic heterocycles. The maximum atomic E-state index is 11.6. The molecule has 0 aromatic carbocycles. The molecule has 0 aliphatic rings. The zero-order valence-corrected chi connectivity index (χ0v) is 11.8. The number of H-pyrrole nitrogens is 1. The number of rotatable bonds is 4. The molecule has 1 aromatic rings. The van der Waals surface area contributed by atoms with Gasteiger partial charge in [-0.25, -0.2) is 9.59 Å². The van der Waals surface area contributed by atoms with Crippen LogP contribution in [0.4, 0.5) is 4.79 Å². The Morgan fingerprint density at radius 3 is 2.45 bits per heavy atom. The molecule has 8 nitrogen and oxygen atoms in total. The van der Waals surface area contributed by atoms with E-state index in [1.165, 1.54) is 6.92 Å². The van der Waals surface area contributed by atoms with Gasteiger partial charge in [0.05, 0.1) is 5.56 Å². The van der Waals surface area contributed by atoms with E-state index >= 15 is 0 Å². The van der Waals surface area contributed by atoms with Crippen LogP contribution in [0, 0.1) is 6.92 Å². The van der Waals surface area contributed by atoms with Crippen LogP contribution in [0.1, 0.15) is 32.1 Å². The molecule has 0 saturated heterocycles. The SMILES string of the molecule is Cc1o[nH]c(=O)c1C[C@@H](NC(=O)OC(C)(C)C)C(=O)O. The van der Waals surface area contributed by atoms with Crippen LogP contribution in [0.3, 0.4) is 0 Å². The van der Waals surface area contributed by atoms with E-state index in [-0.39, 0.29) is 17.7 Å². The summed E-state index contributed by atoms with van der Waals surface area (Å²) < 4.78 is 9.76. The molecule has 0 spiro atoms. The van der Waals surface area contributed by atoms with Gasteiger partial charge in [-0.05, 0) is 27.7 Å². The molecule has 1 amide bonds. The highest BCUT2D eigenvalue weighted by Gasteiger charge is 2.26. The van der Waals surface area contributed by atoms with E-state index in [4.69, 9.17) is 14.4 Å². The molecule has 1 rings (SSSR count). The zero-order valence-electron chi connectivity index (χ0n) is 11.8. The number of ether oxygens (including phenoxy) is 1. The lowest BCUT2D eigenvalue weighted by Crippen LogP contribution is -2.45. The van der Waals surface area contributed by atoms with E-state index in [0.29, 0.717) is 0 Å². The van der Waals surface area contributed by atoms with Crippen molar-refractivity contribution in [3.63, 3.8) is 0 Å². The Hall–Kier alpha value is -2.25. The molecule has 8 heteroatoms. The van der Waals surface area contributed by atoms with Crippen LogP contribution in [0.15, 0.2) is 9.32 Å². The fraction of sp³-hybridized carbons (Fsp3) is 0.583. The number of carbonyl (C=O) groups is 2. The van der Waals surface area contributed by atoms with Crippen LogP contribution < -0.4 is 10.9 Å². The maximum absolute atomic E-state index is 11.6. The fourth-order valence-corrected chi connectivity index (χ4v) is 1.50. The molecule has 0 bridgehead atoms. The number of aliphatic carboxylic acids is 1. The summed E-state index contributed by atoms with van der Waals surface area (Å²) in [6, 6.07) is -1.28. The molecule has 1 heterocycles. The second kappa shape index (κ2) is 5.81. The van der Waals surface area contributed by atoms with E-state index in [9.17, 15) is 14.4 Å². The van der Waals surface area contributed by atoms with Crippen LogP contribution in [0.5, 0.6) is 0 Å². The standard InChI is InChI=1S/C12H18N2O6/c1-6-7(9(15)14-20-6)5-8(10(16)17)13-11(18)19-12(2,3)4/h8H,5H2,1-4H3,(H,13,18)(H,14,15)(H,16,17)/t8-/m1/s1. The van der Waals surface area contributed by atoms with E-state index in [0.717, 1.165) is 0 Å². The average molecular weight is 286 g/mol. The van der Waals surface area contributed by atoms with Crippen molar-refractivity contribution < 1.29 is 24.0 Å². The number of hydrogen-bond donors (Lipinski definition) is 3. The van der Waals surface area contributed by atoms with E-state index in [1.807, 2.05) is 0 Å². The number of amides is 1. The lowest BCUT2D eigenvalue weighted by Gasteiger charge is -2.21. The van der Waals surface area contributed by atoms with Gasteiger partial charge in [0, 0.05) is 6.42 Å². The van der Waals surface area contributed by atoms with Gasteiger partial charge in [-0.15, -0.1) is 0 Å². The van der Waals surface area contributed by atoms with Crippen LogP contribution in [0.25, 0.3) is 0 Å². The lowest BCUT2D eigenvalue weighted by molar-refractivity contribution is -0.139. The first-order chi connectivity index (χ1) is 9.10. The van der Waals surface area contributed by atoms with Crippen molar-refractivity contribution in [1.29, 1.82) is 0 Å². The molecule has 0 unspecified atom stereocenters. The third kappa shape index (κ3) is 4.45. The molecule has 3 N–H and O–H groups in total. The Labute approximate surface area is 115 Å². The zero-order chi connectivity index (χ0) is 15.5. The first-order valence-corrected chi connectivity index (χ1v) is 5.99. The molecule has 20 heavy (non-hydrogen) atoms. The fourth-order valence-electron chi connectivity index (χ4n) is 1.50. The van der Waals surface area contributed by atoms with Crippen LogP contribution in [-0.2, 0) is 16.0 Å². The molecule has 0 fully saturated rings. The number of carboxylic acid groups (broad SMARTS) is 1. The molecule has 112 valence electrons. The number of hydrogen-bond acceptors (Lipinski definition) is 5. The average Bonchev–Trinajstić information content (AvgIpc) is 2.56. The summed E-state index contributed by atoms with van der Waals surface area (Å²) in [6.45, 7) is 6.51. The van der Waals surface area contributed by atoms with Gasteiger partial charge >= 0.3 is 12.1 Å². The van der Waals surface area contributed by atoms with Crippen LogP contribution >= 0.6 is 0 Å². The highest BCUT2D eigenvalue weighted by molar-refractivity contribution is 5.80. The van der Waals surface area contributed by atoms with Gasteiger partial charge in [0.1, 0.15) is 17.4 Å². The molecule has 1 atom stereocenters. The monoisotopic (exact) mass is 286 g/mol. The van der Waals surface area contributed by atoms with Crippen LogP contribution in [0.2, 0.25) is 0 Å². The second-order valence-electron chi connectivity index (χ2n) is 5.31. The molecular formula is C12H18N2O6. The molecular weight excluding hydrogens is 268 g/mol. The van der Waals surface area contributed by atoms with Gasteiger partial charge in [0.2, 0.25) is 0 Å². The third-order valence-electron chi connectivity index (χ3n) is 2.39. The highest BCUT2D eigenvalue weighted by Crippen LogP contribution is 2.09. The Balaban J connectivity index is 2.79. The Bertz CT molecular complexity index is 551. The minimum Gasteiger partial charge on any atom is -0.480 e. The summed E-state index contributed by atoms with van der Waals surface area (Å²) in [6.07, 6.45) is -1.05. The summed E-state index contributed by atoms with van der Waals surface area (Å²) >= 11 is 0. The molecule has 0 aliphatic carbocycles. The van der Waals surface area contributed by atoms with Gasteiger partial charge in [-0.1, -0.05) is 0 Å². The number of nitrogens with one attached hydrogen (secondary N) is 2. The summed E-state index contributed by atoms with van der Waals surface area (Å²) in [7, 11) is 0. The second-order valence-corrected chi connectivity index (χ2v) is 5.31. The predicted molar refractivity (Wildman–Crippen MR) is 68.6 cm³/mol. The normalized spacial score (nSPS) is 12.8. The number of aromatic nitrogens is 1. The Morgan fingerprint density at radius 2 is 2.05 bits per heavy atom. The number of carbonyl (C=O) groups excluding carboxylic acids is 1. The molecule has 0 radical (unpaired) electrons. The van der Waals surface area contributed by atoms with Gasteiger partial charge in [0.15, 0.2) is 0 Å².